The minimum absolute atomic E-state index is 0.121. The third kappa shape index (κ3) is 1.89. The van der Waals surface area contributed by atoms with Gasteiger partial charge in [0.1, 0.15) is 11.9 Å². The van der Waals surface area contributed by atoms with E-state index < -0.39 is 11.9 Å². The fourth-order valence-corrected chi connectivity index (χ4v) is 1.79. The van der Waals surface area contributed by atoms with Gasteiger partial charge in [0.15, 0.2) is 5.78 Å². The number of carbonyl (C=O) groups is 1. The lowest BCUT2D eigenvalue weighted by atomic mass is 9.91. The van der Waals surface area contributed by atoms with Crippen LogP contribution in [0.25, 0.3) is 0 Å². The van der Waals surface area contributed by atoms with Crippen molar-refractivity contribution in [3.05, 3.63) is 23.5 Å². The topological polar surface area (TPSA) is 65.0 Å². The van der Waals surface area contributed by atoms with Crippen molar-refractivity contribution in [3.63, 3.8) is 0 Å². The summed E-state index contributed by atoms with van der Waals surface area (Å²) in [4.78, 5) is 11.5. The molecule has 1 unspecified atom stereocenters. The number of hydrogen-bond acceptors (Lipinski definition) is 5. The second kappa shape index (κ2) is 4.78. The molecule has 0 heterocycles. The van der Waals surface area contributed by atoms with Crippen molar-refractivity contribution in [1.29, 1.82) is 0 Å². The molecule has 0 amide bonds. The molecule has 0 aliphatic heterocycles. The summed E-state index contributed by atoms with van der Waals surface area (Å²) in [6, 6.07) is 0. The van der Waals surface area contributed by atoms with Gasteiger partial charge in [0.05, 0.1) is 5.57 Å². The maximum Gasteiger partial charge on any atom is 0.219 e. The van der Waals surface area contributed by atoms with Crippen molar-refractivity contribution >= 4 is 5.78 Å². The minimum Gasteiger partial charge on any atom is -0.507 e. The number of allylic oxidation sites excluding steroid dienone is 1. The highest BCUT2D eigenvalue weighted by Crippen LogP contribution is 2.32. The summed E-state index contributed by atoms with van der Waals surface area (Å²) in [6.07, 6.45) is 2.10. The lowest BCUT2D eigenvalue weighted by Gasteiger charge is -2.37. The molecule has 0 spiro atoms. The Bertz CT molecular complexity index is 338. The molecule has 1 rings (SSSR count). The Balaban J connectivity index is 3.25. The normalized spacial score (nSPS) is 23.6. The molecule has 1 aliphatic rings. The van der Waals surface area contributed by atoms with Gasteiger partial charge in [0, 0.05) is 21.3 Å². The highest BCUT2D eigenvalue weighted by atomic mass is 16.7. The smallest absolute Gasteiger partial charge is 0.219 e. The first kappa shape index (κ1) is 12.9. The predicted octanol–water partition coefficient (Wildman–Crippen LogP) is 0.961. The maximum atomic E-state index is 11.5. The molecule has 0 aromatic rings. The average Bonchev–Trinajstić information content (AvgIpc) is 2.28. The number of rotatable bonds is 4. The van der Waals surface area contributed by atoms with Gasteiger partial charge in [0.25, 0.3) is 0 Å². The molecular weight excluding hydrogens is 212 g/mol. The molecule has 16 heavy (non-hydrogen) atoms. The zero-order chi connectivity index (χ0) is 12.3. The SMILES string of the molecule is COC1C(C(C)=O)=C(O)C=CC1(OC)OC. The van der Waals surface area contributed by atoms with E-state index in [-0.39, 0.29) is 17.1 Å². The molecule has 5 nitrogen and oxygen atoms in total. The van der Waals surface area contributed by atoms with E-state index in [1.54, 1.807) is 0 Å². The Morgan fingerprint density at radius 3 is 2.31 bits per heavy atom. The number of aliphatic hydroxyl groups excluding tert-OH is 1. The van der Waals surface area contributed by atoms with Crippen LogP contribution in [0.2, 0.25) is 0 Å². The molecule has 0 radical (unpaired) electrons. The second-order valence-electron chi connectivity index (χ2n) is 3.43. The van der Waals surface area contributed by atoms with Crippen molar-refractivity contribution < 1.29 is 24.1 Å². The van der Waals surface area contributed by atoms with Crippen molar-refractivity contribution in [2.75, 3.05) is 21.3 Å². The highest BCUT2D eigenvalue weighted by molar-refractivity contribution is 5.95. The van der Waals surface area contributed by atoms with Gasteiger partial charge in [-0.3, -0.25) is 4.79 Å². The van der Waals surface area contributed by atoms with E-state index in [0.717, 1.165) is 0 Å². The zero-order valence-electron chi connectivity index (χ0n) is 9.81. The van der Waals surface area contributed by atoms with Gasteiger partial charge in [-0.2, -0.15) is 0 Å². The van der Waals surface area contributed by atoms with Gasteiger partial charge in [-0.15, -0.1) is 0 Å². The number of hydrogen-bond donors (Lipinski definition) is 1. The number of Topliss-reactive ketones (excluding diaryl/α,β-unsaturated/α-hetero) is 1. The zero-order valence-corrected chi connectivity index (χ0v) is 9.81. The van der Waals surface area contributed by atoms with Crippen LogP contribution in [0.1, 0.15) is 6.92 Å². The van der Waals surface area contributed by atoms with Gasteiger partial charge in [-0.25, -0.2) is 0 Å². The van der Waals surface area contributed by atoms with Crippen molar-refractivity contribution in [2.45, 2.75) is 18.8 Å². The molecule has 5 heteroatoms. The number of aliphatic hydroxyl groups is 1. The number of ether oxygens (including phenoxy) is 3. The molecule has 0 fully saturated rings. The molecule has 1 aliphatic carbocycles. The van der Waals surface area contributed by atoms with E-state index in [1.165, 1.54) is 40.4 Å². The predicted molar refractivity (Wildman–Crippen MR) is 57.0 cm³/mol. The van der Waals surface area contributed by atoms with Crippen LogP contribution in [0.3, 0.4) is 0 Å². The summed E-state index contributed by atoms with van der Waals surface area (Å²) in [5, 5.41) is 9.65. The van der Waals surface area contributed by atoms with Gasteiger partial charge in [-0.1, -0.05) is 0 Å². The minimum atomic E-state index is -1.18. The van der Waals surface area contributed by atoms with Gasteiger partial charge < -0.3 is 19.3 Å². The summed E-state index contributed by atoms with van der Waals surface area (Å²) in [5.41, 5.74) is 0.147. The molecule has 0 aromatic heterocycles. The van der Waals surface area contributed by atoms with Crippen LogP contribution in [0.4, 0.5) is 0 Å². The van der Waals surface area contributed by atoms with Gasteiger partial charge in [0.2, 0.25) is 5.79 Å². The van der Waals surface area contributed by atoms with E-state index >= 15 is 0 Å². The molecule has 0 aromatic carbocycles. The molecular formula is C11H16O5. The monoisotopic (exact) mass is 228 g/mol. The van der Waals surface area contributed by atoms with Crippen LogP contribution >= 0.6 is 0 Å². The van der Waals surface area contributed by atoms with E-state index in [9.17, 15) is 9.90 Å². The Kier molecular flexibility index (Phi) is 3.85. The Labute approximate surface area is 94.3 Å². The van der Waals surface area contributed by atoms with E-state index in [4.69, 9.17) is 14.2 Å². The third-order valence-electron chi connectivity index (χ3n) is 2.63. The molecule has 1 atom stereocenters. The number of ketones is 1. The van der Waals surface area contributed by atoms with Crippen LogP contribution in [0.5, 0.6) is 0 Å². The first-order valence-electron chi connectivity index (χ1n) is 4.78. The van der Waals surface area contributed by atoms with Gasteiger partial charge >= 0.3 is 0 Å². The Hall–Kier alpha value is -1.17. The first-order valence-corrected chi connectivity index (χ1v) is 4.78. The van der Waals surface area contributed by atoms with E-state index in [2.05, 4.69) is 0 Å². The summed E-state index contributed by atoms with van der Waals surface area (Å²) in [5.74, 6) is -1.58. The summed E-state index contributed by atoms with van der Waals surface area (Å²) in [6.45, 7) is 1.35. The van der Waals surface area contributed by atoms with Crippen LogP contribution in [-0.2, 0) is 19.0 Å². The van der Waals surface area contributed by atoms with Gasteiger partial charge in [-0.05, 0) is 19.1 Å². The van der Waals surface area contributed by atoms with Crippen molar-refractivity contribution in [2.24, 2.45) is 0 Å². The average molecular weight is 228 g/mol. The standard InChI is InChI=1S/C11H16O5/c1-7(12)9-8(13)5-6-11(15-3,16-4)10(9)14-2/h5-6,10,13H,1-4H3. The van der Waals surface area contributed by atoms with Crippen molar-refractivity contribution in [1.82, 2.24) is 0 Å². The van der Waals surface area contributed by atoms with Crippen LogP contribution in [0.15, 0.2) is 23.5 Å². The summed E-state index contributed by atoms with van der Waals surface area (Å²) < 4.78 is 15.7. The molecule has 0 bridgehead atoms. The fraction of sp³-hybridized carbons (Fsp3) is 0.545. The van der Waals surface area contributed by atoms with Crippen LogP contribution in [-0.4, -0.2) is 44.1 Å². The lowest BCUT2D eigenvalue weighted by Crippen LogP contribution is -2.49. The third-order valence-corrected chi connectivity index (χ3v) is 2.63. The molecule has 0 saturated carbocycles. The Morgan fingerprint density at radius 1 is 1.38 bits per heavy atom. The number of methoxy groups -OCH3 is 3. The molecule has 90 valence electrons. The summed E-state index contributed by atoms with van der Waals surface area (Å²) in [7, 11) is 4.31. The quantitative estimate of drug-likeness (QED) is 0.726. The van der Waals surface area contributed by atoms with E-state index in [0.29, 0.717) is 0 Å². The maximum absolute atomic E-state index is 11.5. The largest absolute Gasteiger partial charge is 0.507 e. The molecule has 1 N–H and O–H groups in total. The van der Waals surface area contributed by atoms with E-state index in [1.807, 2.05) is 0 Å². The summed E-state index contributed by atoms with van der Waals surface area (Å²) >= 11 is 0. The van der Waals surface area contributed by atoms with Crippen LogP contribution in [0, 0.1) is 0 Å². The fourth-order valence-electron chi connectivity index (χ4n) is 1.79. The Morgan fingerprint density at radius 2 is 1.94 bits per heavy atom. The second-order valence-corrected chi connectivity index (χ2v) is 3.43. The number of carbonyl (C=O) groups excluding carboxylic acids is 1. The first-order chi connectivity index (χ1) is 7.52. The van der Waals surface area contributed by atoms with Crippen molar-refractivity contribution in [3.8, 4) is 0 Å². The van der Waals surface area contributed by atoms with Crippen LogP contribution < -0.4 is 0 Å². The molecule has 0 saturated heterocycles. The highest BCUT2D eigenvalue weighted by Gasteiger charge is 2.45. The lowest BCUT2D eigenvalue weighted by molar-refractivity contribution is -0.224.